The molecule has 13 heavy (non-hydrogen) atoms. The monoisotopic (exact) mass is 175 g/mol. The number of hydrogen-bond donors (Lipinski definition) is 1. The van der Waals surface area contributed by atoms with Crippen LogP contribution in [-0.4, -0.2) is 13.1 Å². The van der Waals surface area contributed by atoms with Gasteiger partial charge in [0.25, 0.3) is 0 Å². The van der Waals surface area contributed by atoms with Gasteiger partial charge in [0, 0.05) is 0 Å². The van der Waals surface area contributed by atoms with Crippen molar-refractivity contribution < 1.29 is 0 Å². The molecule has 0 aromatic heterocycles. The third kappa shape index (κ3) is 1.92. The molecule has 0 amide bonds. The number of rotatable bonds is 1. The highest BCUT2D eigenvalue weighted by molar-refractivity contribution is 5.20. The van der Waals surface area contributed by atoms with Crippen molar-refractivity contribution in [3.8, 4) is 0 Å². The molecule has 70 valence electrons. The zero-order valence-electron chi connectivity index (χ0n) is 8.16. The summed E-state index contributed by atoms with van der Waals surface area (Å²) >= 11 is 0. The molecule has 2 rings (SSSR count). The number of nitrogens with one attached hydrogen (secondary N) is 1. The van der Waals surface area contributed by atoms with Crippen molar-refractivity contribution in [2.24, 2.45) is 5.92 Å². The number of hydrogen-bond acceptors (Lipinski definition) is 1. The minimum atomic E-state index is 0.766. The van der Waals surface area contributed by atoms with Gasteiger partial charge in [0.1, 0.15) is 0 Å². The fourth-order valence-electron chi connectivity index (χ4n) is 2.21. The summed E-state index contributed by atoms with van der Waals surface area (Å²) in [7, 11) is 0. The minimum absolute atomic E-state index is 0.766. The Morgan fingerprint density at radius 1 is 1.23 bits per heavy atom. The maximum atomic E-state index is 3.43. The molecule has 1 heteroatoms. The van der Waals surface area contributed by atoms with E-state index in [4.69, 9.17) is 0 Å². The second-order valence-corrected chi connectivity index (χ2v) is 3.99. The standard InChI is InChI=1S/C12H17N/c1-10-9-13-8-7-12(10)11-5-3-2-4-6-11/h2-6,10,12-13H,7-9H2,1H3/t10-,12?/m0/s1. The molecule has 1 unspecified atom stereocenters. The Bertz CT molecular complexity index is 255. The van der Waals surface area contributed by atoms with Gasteiger partial charge in [-0.25, -0.2) is 0 Å². The molecule has 0 saturated carbocycles. The zero-order chi connectivity index (χ0) is 9.10. The van der Waals surface area contributed by atoms with Crippen LogP contribution in [0.3, 0.4) is 0 Å². The summed E-state index contributed by atoms with van der Waals surface area (Å²) in [5.74, 6) is 1.54. The van der Waals surface area contributed by atoms with E-state index in [2.05, 4.69) is 42.6 Å². The van der Waals surface area contributed by atoms with E-state index in [9.17, 15) is 0 Å². The van der Waals surface area contributed by atoms with Gasteiger partial charge in [-0.05, 0) is 36.9 Å². The lowest BCUT2D eigenvalue weighted by atomic mass is 9.82. The second-order valence-electron chi connectivity index (χ2n) is 3.99. The molecule has 0 aliphatic carbocycles. The lowest BCUT2D eigenvalue weighted by molar-refractivity contribution is 0.349. The summed E-state index contributed by atoms with van der Waals surface area (Å²) in [5.41, 5.74) is 1.51. The molecule has 1 nitrogen and oxygen atoms in total. The zero-order valence-corrected chi connectivity index (χ0v) is 8.16. The van der Waals surface area contributed by atoms with Gasteiger partial charge in [0.15, 0.2) is 0 Å². The van der Waals surface area contributed by atoms with Crippen LogP contribution >= 0.6 is 0 Å². The first-order valence-electron chi connectivity index (χ1n) is 5.13. The van der Waals surface area contributed by atoms with Crippen molar-refractivity contribution in [1.29, 1.82) is 0 Å². The van der Waals surface area contributed by atoms with Crippen molar-refractivity contribution in [3.05, 3.63) is 35.9 Å². The van der Waals surface area contributed by atoms with Crippen LogP contribution in [0.5, 0.6) is 0 Å². The summed E-state index contributed by atoms with van der Waals surface area (Å²) in [6.07, 6.45) is 1.28. The van der Waals surface area contributed by atoms with Crippen molar-refractivity contribution in [2.75, 3.05) is 13.1 Å². The van der Waals surface area contributed by atoms with E-state index >= 15 is 0 Å². The highest BCUT2D eigenvalue weighted by Crippen LogP contribution is 2.29. The van der Waals surface area contributed by atoms with Crippen molar-refractivity contribution >= 4 is 0 Å². The van der Waals surface area contributed by atoms with E-state index in [1.54, 1.807) is 0 Å². The van der Waals surface area contributed by atoms with Gasteiger partial charge < -0.3 is 5.32 Å². The molecule has 0 radical (unpaired) electrons. The lowest BCUT2D eigenvalue weighted by Gasteiger charge is -2.29. The summed E-state index contributed by atoms with van der Waals surface area (Å²) in [5, 5.41) is 3.43. The Hall–Kier alpha value is -0.820. The molecule has 1 saturated heterocycles. The van der Waals surface area contributed by atoms with Crippen LogP contribution in [0, 0.1) is 5.92 Å². The summed E-state index contributed by atoms with van der Waals surface area (Å²) in [6.45, 7) is 4.67. The first-order chi connectivity index (χ1) is 6.38. The third-order valence-corrected chi connectivity index (χ3v) is 3.01. The molecular formula is C12H17N. The molecule has 2 atom stereocenters. The normalized spacial score (nSPS) is 28.7. The molecule has 1 N–H and O–H groups in total. The predicted molar refractivity (Wildman–Crippen MR) is 55.8 cm³/mol. The quantitative estimate of drug-likeness (QED) is 0.691. The van der Waals surface area contributed by atoms with Gasteiger partial charge in [-0.1, -0.05) is 37.3 Å². The Morgan fingerprint density at radius 3 is 2.69 bits per heavy atom. The average Bonchev–Trinajstić information content (AvgIpc) is 2.20. The van der Waals surface area contributed by atoms with E-state index in [0.29, 0.717) is 0 Å². The highest BCUT2D eigenvalue weighted by Gasteiger charge is 2.21. The van der Waals surface area contributed by atoms with Gasteiger partial charge in [-0.15, -0.1) is 0 Å². The summed E-state index contributed by atoms with van der Waals surface area (Å²) in [6, 6.07) is 10.9. The maximum absolute atomic E-state index is 3.43. The highest BCUT2D eigenvalue weighted by atomic mass is 14.9. The first kappa shape index (κ1) is 8.76. The van der Waals surface area contributed by atoms with Crippen molar-refractivity contribution in [3.63, 3.8) is 0 Å². The Morgan fingerprint density at radius 2 is 2.00 bits per heavy atom. The van der Waals surface area contributed by atoms with E-state index in [1.807, 2.05) is 0 Å². The molecule has 1 aliphatic rings. The van der Waals surface area contributed by atoms with Crippen LogP contribution in [-0.2, 0) is 0 Å². The molecule has 0 spiro atoms. The molecule has 1 fully saturated rings. The van der Waals surface area contributed by atoms with Gasteiger partial charge in [-0.2, -0.15) is 0 Å². The van der Waals surface area contributed by atoms with Crippen LogP contribution in [0.1, 0.15) is 24.8 Å². The largest absolute Gasteiger partial charge is 0.316 e. The molecule has 1 aliphatic heterocycles. The molecule has 1 heterocycles. The van der Waals surface area contributed by atoms with Crippen LogP contribution < -0.4 is 5.32 Å². The van der Waals surface area contributed by atoms with Gasteiger partial charge in [0.2, 0.25) is 0 Å². The van der Waals surface area contributed by atoms with Crippen LogP contribution in [0.4, 0.5) is 0 Å². The SMILES string of the molecule is C[C@H]1CNCCC1c1ccccc1. The average molecular weight is 175 g/mol. The fourth-order valence-corrected chi connectivity index (χ4v) is 2.21. The second kappa shape index (κ2) is 3.93. The number of benzene rings is 1. The van der Waals surface area contributed by atoms with E-state index in [-0.39, 0.29) is 0 Å². The van der Waals surface area contributed by atoms with Crippen molar-refractivity contribution in [2.45, 2.75) is 19.3 Å². The minimum Gasteiger partial charge on any atom is -0.316 e. The lowest BCUT2D eigenvalue weighted by Crippen LogP contribution is -2.33. The van der Waals surface area contributed by atoms with Gasteiger partial charge in [0.05, 0.1) is 0 Å². The third-order valence-electron chi connectivity index (χ3n) is 3.01. The summed E-state index contributed by atoms with van der Waals surface area (Å²) < 4.78 is 0. The van der Waals surface area contributed by atoms with Crippen molar-refractivity contribution in [1.82, 2.24) is 5.32 Å². The molecule has 1 aromatic carbocycles. The Balaban J connectivity index is 2.15. The van der Waals surface area contributed by atoms with Crippen LogP contribution in [0.2, 0.25) is 0 Å². The molecular weight excluding hydrogens is 158 g/mol. The van der Waals surface area contributed by atoms with E-state index in [0.717, 1.165) is 11.8 Å². The smallest absolute Gasteiger partial charge is 0.00173 e. The number of piperidine rings is 1. The van der Waals surface area contributed by atoms with Gasteiger partial charge in [-0.3, -0.25) is 0 Å². The van der Waals surface area contributed by atoms with Crippen LogP contribution in [0.25, 0.3) is 0 Å². The van der Waals surface area contributed by atoms with Gasteiger partial charge >= 0.3 is 0 Å². The Labute approximate surface area is 80.2 Å². The maximum Gasteiger partial charge on any atom is -0.00173 e. The van der Waals surface area contributed by atoms with E-state index < -0.39 is 0 Å². The Kier molecular flexibility index (Phi) is 2.65. The van der Waals surface area contributed by atoms with E-state index in [1.165, 1.54) is 25.1 Å². The predicted octanol–water partition coefficient (Wildman–Crippen LogP) is 2.40. The molecule has 1 aromatic rings. The first-order valence-corrected chi connectivity index (χ1v) is 5.13. The molecule has 0 bridgehead atoms. The van der Waals surface area contributed by atoms with Crippen LogP contribution in [0.15, 0.2) is 30.3 Å². The topological polar surface area (TPSA) is 12.0 Å². The summed E-state index contributed by atoms with van der Waals surface area (Å²) in [4.78, 5) is 0. The fraction of sp³-hybridized carbons (Fsp3) is 0.500.